The van der Waals surface area contributed by atoms with E-state index in [1.165, 1.54) is 11.8 Å². The highest BCUT2D eigenvalue weighted by Gasteiger charge is 2.16. The predicted octanol–water partition coefficient (Wildman–Crippen LogP) is 1.55. The van der Waals surface area contributed by atoms with E-state index < -0.39 is 11.7 Å². The molecule has 0 N–H and O–H groups in total. The van der Waals surface area contributed by atoms with Crippen LogP contribution in [0.5, 0.6) is 0 Å². The molecule has 0 saturated heterocycles. The third kappa shape index (κ3) is 1.99. The van der Waals surface area contributed by atoms with Gasteiger partial charge >= 0.3 is 0 Å². The molecule has 0 atom stereocenters. The normalized spacial score (nSPS) is 9.64. The lowest BCUT2D eigenvalue weighted by atomic mass is 10.2. The molecule has 74 valence electrons. The molecule has 0 aromatic heterocycles. The number of anilines is 1. The van der Waals surface area contributed by atoms with E-state index in [0.29, 0.717) is 0 Å². The zero-order valence-corrected chi connectivity index (χ0v) is 8.57. The summed E-state index contributed by atoms with van der Waals surface area (Å²) in [7, 11) is 1.60. The minimum absolute atomic E-state index is 0.448. The fourth-order valence-electron chi connectivity index (χ4n) is 1.29. The number of Topliss-reactive ketones (excluding diaryl/α,β-unsaturated/α-hetero) is 1. The van der Waals surface area contributed by atoms with Crippen molar-refractivity contribution in [3.63, 3.8) is 0 Å². The zero-order valence-electron chi connectivity index (χ0n) is 8.57. The van der Waals surface area contributed by atoms with Gasteiger partial charge in [0, 0.05) is 19.7 Å². The van der Waals surface area contributed by atoms with Gasteiger partial charge in [-0.25, -0.2) is 0 Å². The van der Waals surface area contributed by atoms with Crippen molar-refractivity contribution in [1.82, 2.24) is 0 Å². The summed E-state index contributed by atoms with van der Waals surface area (Å²) < 4.78 is 0. The van der Waals surface area contributed by atoms with Crippen LogP contribution in [0.4, 0.5) is 5.69 Å². The molecule has 14 heavy (non-hydrogen) atoms. The molecule has 1 aromatic carbocycles. The summed E-state index contributed by atoms with van der Waals surface area (Å²) in [4.78, 5) is 23.6. The smallest absolute Gasteiger partial charge is 0.293 e. The Morgan fingerprint density at radius 1 is 1.21 bits per heavy atom. The number of hydrogen-bond donors (Lipinski definition) is 0. The van der Waals surface area contributed by atoms with Crippen LogP contribution < -0.4 is 4.90 Å². The highest BCUT2D eigenvalue weighted by atomic mass is 16.2. The van der Waals surface area contributed by atoms with Gasteiger partial charge in [-0.2, -0.15) is 0 Å². The van der Waals surface area contributed by atoms with Crippen LogP contribution in [-0.2, 0) is 9.59 Å². The van der Waals surface area contributed by atoms with Gasteiger partial charge in [0.05, 0.1) is 0 Å². The first-order chi connectivity index (χ1) is 6.54. The molecule has 3 heteroatoms. The average Bonchev–Trinajstić information content (AvgIpc) is 2.16. The Hall–Kier alpha value is -1.64. The molecule has 0 saturated carbocycles. The Morgan fingerprint density at radius 2 is 1.79 bits per heavy atom. The number of carbonyl (C=O) groups excluding carboxylic acids is 2. The van der Waals surface area contributed by atoms with E-state index in [1.807, 2.05) is 31.2 Å². The van der Waals surface area contributed by atoms with Gasteiger partial charge in [0.2, 0.25) is 5.78 Å². The first-order valence-electron chi connectivity index (χ1n) is 4.38. The van der Waals surface area contributed by atoms with Crippen molar-refractivity contribution >= 4 is 17.4 Å². The lowest BCUT2D eigenvalue weighted by molar-refractivity contribution is -0.134. The Morgan fingerprint density at radius 3 is 2.29 bits per heavy atom. The van der Waals surface area contributed by atoms with E-state index >= 15 is 0 Å². The second-order valence-electron chi connectivity index (χ2n) is 3.21. The van der Waals surface area contributed by atoms with Gasteiger partial charge in [-0.3, -0.25) is 9.59 Å². The summed E-state index contributed by atoms with van der Waals surface area (Å²) in [5.41, 5.74) is 1.75. The highest BCUT2D eigenvalue weighted by molar-refractivity contribution is 6.40. The molecule has 0 radical (unpaired) electrons. The van der Waals surface area contributed by atoms with Crippen molar-refractivity contribution in [3.05, 3.63) is 29.8 Å². The van der Waals surface area contributed by atoms with E-state index in [0.717, 1.165) is 11.3 Å². The zero-order chi connectivity index (χ0) is 10.7. The van der Waals surface area contributed by atoms with Crippen LogP contribution in [0.2, 0.25) is 0 Å². The predicted molar refractivity (Wildman–Crippen MR) is 55.3 cm³/mol. The molecule has 0 aliphatic carbocycles. The summed E-state index contributed by atoms with van der Waals surface area (Å²) in [5.74, 6) is -0.935. The van der Waals surface area contributed by atoms with Crippen LogP contribution in [0.25, 0.3) is 0 Å². The molecule has 1 aromatic rings. The number of ketones is 1. The second-order valence-corrected chi connectivity index (χ2v) is 3.21. The lowest BCUT2D eigenvalue weighted by Crippen LogP contribution is -2.32. The van der Waals surface area contributed by atoms with Gasteiger partial charge in [0.1, 0.15) is 0 Å². The lowest BCUT2D eigenvalue weighted by Gasteiger charge is -2.17. The van der Waals surface area contributed by atoms with E-state index in [9.17, 15) is 9.59 Å². The monoisotopic (exact) mass is 191 g/mol. The maximum Gasteiger partial charge on any atom is 0.293 e. The van der Waals surface area contributed by atoms with Crippen molar-refractivity contribution < 1.29 is 9.59 Å². The molecule has 0 spiro atoms. The van der Waals surface area contributed by atoms with Crippen LogP contribution in [0.15, 0.2) is 24.3 Å². The standard InChI is InChI=1S/C11H13NO2/c1-8-6-4-5-7-10(8)12(3)11(14)9(2)13/h4-7H,1-3H3. The third-order valence-electron chi connectivity index (χ3n) is 2.08. The van der Waals surface area contributed by atoms with Crippen molar-refractivity contribution in [2.24, 2.45) is 0 Å². The summed E-state index contributed by atoms with van der Waals surface area (Å²) >= 11 is 0. The number of nitrogens with zero attached hydrogens (tertiary/aromatic N) is 1. The maximum absolute atomic E-state index is 11.4. The molecule has 0 heterocycles. The van der Waals surface area contributed by atoms with E-state index in [1.54, 1.807) is 7.05 Å². The van der Waals surface area contributed by atoms with Crippen LogP contribution in [-0.4, -0.2) is 18.7 Å². The minimum atomic E-state index is -0.487. The Balaban J connectivity index is 3.01. The Bertz CT molecular complexity index is 371. The van der Waals surface area contributed by atoms with Crippen LogP contribution in [0.1, 0.15) is 12.5 Å². The molecule has 3 nitrogen and oxygen atoms in total. The first-order valence-corrected chi connectivity index (χ1v) is 4.38. The number of amides is 1. The van der Waals surface area contributed by atoms with Gasteiger partial charge < -0.3 is 4.90 Å². The van der Waals surface area contributed by atoms with E-state index in [-0.39, 0.29) is 0 Å². The van der Waals surface area contributed by atoms with Crippen molar-refractivity contribution in [1.29, 1.82) is 0 Å². The van der Waals surface area contributed by atoms with Crippen LogP contribution in [0, 0.1) is 6.92 Å². The van der Waals surface area contributed by atoms with E-state index in [2.05, 4.69) is 0 Å². The van der Waals surface area contributed by atoms with Gasteiger partial charge in [0.25, 0.3) is 5.91 Å². The second kappa shape index (κ2) is 4.05. The molecule has 1 amide bonds. The quantitative estimate of drug-likeness (QED) is 0.665. The van der Waals surface area contributed by atoms with E-state index in [4.69, 9.17) is 0 Å². The van der Waals surface area contributed by atoms with Gasteiger partial charge in [-0.1, -0.05) is 18.2 Å². The largest absolute Gasteiger partial charge is 0.309 e. The van der Waals surface area contributed by atoms with Gasteiger partial charge in [0.15, 0.2) is 0 Å². The average molecular weight is 191 g/mol. The van der Waals surface area contributed by atoms with Crippen LogP contribution >= 0.6 is 0 Å². The number of para-hydroxylation sites is 1. The van der Waals surface area contributed by atoms with Crippen molar-refractivity contribution in [2.45, 2.75) is 13.8 Å². The topological polar surface area (TPSA) is 37.4 Å². The Labute approximate surface area is 83.3 Å². The number of aryl methyl sites for hydroxylation is 1. The van der Waals surface area contributed by atoms with Crippen LogP contribution in [0.3, 0.4) is 0 Å². The molecule has 0 aliphatic heterocycles. The Kier molecular flexibility index (Phi) is 3.02. The van der Waals surface area contributed by atoms with Gasteiger partial charge in [-0.15, -0.1) is 0 Å². The molecule has 0 aliphatic rings. The summed E-state index contributed by atoms with van der Waals surface area (Å²) in [5, 5.41) is 0. The SMILES string of the molecule is CC(=O)C(=O)N(C)c1ccccc1C. The number of carbonyl (C=O) groups is 2. The minimum Gasteiger partial charge on any atom is -0.309 e. The summed E-state index contributed by atoms with van der Waals surface area (Å²) in [6.07, 6.45) is 0. The number of rotatable bonds is 2. The number of likely N-dealkylation sites (N-methyl/N-ethyl adjacent to an activating group) is 1. The van der Waals surface area contributed by atoms with Crippen molar-refractivity contribution in [3.8, 4) is 0 Å². The number of benzene rings is 1. The molecular weight excluding hydrogens is 178 g/mol. The molecule has 0 fully saturated rings. The van der Waals surface area contributed by atoms with Crippen molar-refractivity contribution in [2.75, 3.05) is 11.9 Å². The maximum atomic E-state index is 11.4. The van der Waals surface area contributed by atoms with Gasteiger partial charge in [-0.05, 0) is 18.6 Å². The number of hydrogen-bond acceptors (Lipinski definition) is 2. The third-order valence-corrected chi connectivity index (χ3v) is 2.08. The fourth-order valence-corrected chi connectivity index (χ4v) is 1.29. The first kappa shape index (κ1) is 10.4. The summed E-state index contributed by atoms with van der Waals surface area (Å²) in [6, 6.07) is 7.45. The highest BCUT2D eigenvalue weighted by Crippen LogP contribution is 2.17. The molecule has 1 rings (SSSR count). The summed E-state index contributed by atoms with van der Waals surface area (Å²) in [6.45, 7) is 3.18. The molecule has 0 unspecified atom stereocenters. The molecular formula is C11H13NO2. The molecule has 0 bridgehead atoms. The fraction of sp³-hybridized carbons (Fsp3) is 0.273.